The number of nitrogens with zero attached hydrogens (tertiary/aromatic N) is 2. The van der Waals surface area contributed by atoms with Gasteiger partial charge in [0, 0.05) is 36.2 Å². The molecule has 0 spiro atoms. The minimum atomic E-state index is 0.0809. The summed E-state index contributed by atoms with van der Waals surface area (Å²) in [5.74, 6) is 0.885. The first-order valence-corrected chi connectivity index (χ1v) is 7.56. The van der Waals surface area contributed by atoms with Crippen molar-refractivity contribution in [2.45, 2.75) is 52.6 Å². The van der Waals surface area contributed by atoms with E-state index < -0.39 is 0 Å². The van der Waals surface area contributed by atoms with Crippen LogP contribution in [-0.2, 0) is 6.61 Å². The monoisotopic (exact) mass is 262 g/mol. The molecule has 1 fully saturated rings. The minimum Gasteiger partial charge on any atom is -0.392 e. The van der Waals surface area contributed by atoms with Crippen LogP contribution in [0.1, 0.15) is 50.3 Å². The lowest BCUT2D eigenvalue weighted by Crippen LogP contribution is -2.25. The standard InChI is InChI=1S/C16H26N2O/c1-3-5-14-6-4-8-18(9-7-14)16-10-13(2)17-11-15(16)12-19/h10-11,14,19H,3-9,12H2,1-2H3. The number of anilines is 1. The van der Waals surface area contributed by atoms with Gasteiger partial charge in [-0.2, -0.15) is 0 Å². The Morgan fingerprint density at radius 1 is 1.37 bits per heavy atom. The summed E-state index contributed by atoms with van der Waals surface area (Å²) in [5.41, 5.74) is 3.17. The first-order chi connectivity index (χ1) is 9.24. The Kier molecular flexibility index (Phi) is 5.20. The molecule has 3 heteroatoms. The summed E-state index contributed by atoms with van der Waals surface area (Å²) < 4.78 is 0. The molecule has 0 saturated carbocycles. The average Bonchev–Trinajstić information content (AvgIpc) is 2.65. The molecular formula is C16H26N2O. The summed E-state index contributed by atoms with van der Waals surface area (Å²) in [6, 6.07) is 2.12. The molecule has 2 heterocycles. The highest BCUT2D eigenvalue weighted by Gasteiger charge is 2.18. The molecule has 106 valence electrons. The highest BCUT2D eigenvalue weighted by atomic mass is 16.3. The molecule has 1 atom stereocenters. The minimum absolute atomic E-state index is 0.0809. The normalized spacial score (nSPS) is 20.4. The van der Waals surface area contributed by atoms with Crippen molar-refractivity contribution in [2.75, 3.05) is 18.0 Å². The summed E-state index contributed by atoms with van der Waals surface area (Å²) >= 11 is 0. The number of aliphatic hydroxyl groups is 1. The number of rotatable bonds is 4. The van der Waals surface area contributed by atoms with Gasteiger partial charge in [-0.1, -0.05) is 19.8 Å². The molecule has 0 radical (unpaired) electrons. The Morgan fingerprint density at radius 2 is 2.21 bits per heavy atom. The molecule has 19 heavy (non-hydrogen) atoms. The van der Waals surface area contributed by atoms with Gasteiger partial charge in [0.25, 0.3) is 0 Å². The fraction of sp³-hybridized carbons (Fsp3) is 0.688. The van der Waals surface area contributed by atoms with Crippen molar-refractivity contribution in [3.63, 3.8) is 0 Å². The number of aryl methyl sites for hydroxylation is 1. The topological polar surface area (TPSA) is 36.4 Å². The van der Waals surface area contributed by atoms with Crippen molar-refractivity contribution in [1.29, 1.82) is 0 Å². The second-order valence-corrected chi connectivity index (χ2v) is 5.69. The van der Waals surface area contributed by atoms with E-state index in [0.29, 0.717) is 0 Å². The maximum absolute atomic E-state index is 9.48. The second kappa shape index (κ2) is 6.90. The van der Waals surface area contributed by atoms with Crippen LogP contribution in [0.15, 0.2) is 12.3 Å². The van der Waals surface area contributed by atoms with E-state index in [2.05, 4.69) is 22.9 Å². The maximum atomic E-state index is 9.48. The molecule has 3 nitrogen and oxygen atoms in total. The Labute approximate surface area is 116 Å². The van der Waals surface area contributed by atoms with Crippen molar-refractivity contribution in [3.8, 4) is 0 Å². The van der Waals surface area contributed by atoms with Gasteiger partial charge in [0.2, 0.25) is 0 Å². The van der Waals surface area contributed by atoms with Gasteiger partial charge < -0.3 is 10.0 Å². The lowest BCUT2D eigenvalue weighted by Gasteiger charge is -2.25. The summed E-state index contributed by atoms with van der Waals surface area (Å²) in [4.78, 5) is 6.73. The lowest BCUT2D eigenvalue weighted by molar-refractivity contribution is 0.281. The van der Waals surface area contributed by atoms with Gasteiger partial charge in [-0.05, 0) is 38.2 Å². The van der Waals surface area contributed by atoms with Crippen LogP contribution in [0.3, 0.4) is 0 Å². The van der Waals surface area contributed by atoms with Crippen molar-refractivity contribution in [2.24, 2.45) is 5.92 Å². The Balaban J connectivity index is 2.11. The van der Waals surface area contributed by atoms with Crippen molar-refractivity contribution >= 4 is 5.69 Å². The van der Waals surface area contributed by atoms with Crippen LogP contribution < -0.4 is 4.90 Å². The van der Waals surface area contributed by atoms with Crippen LogP contribution in [0.2, 0.25) is 0 Å². The lowest BCUT2D eigenvalue weighted by atomic mass is 9.96. The zero-order valence-electron chi connectivity index (χ0n) is 12.2. The summed E-state index contributed by atoms with van der Waals surface area (Å²) in [6.07, 6.45) is 8.36. The van der Waals surface area contributed by atoms with Crippen molar-refractivity contribution < 1.29 is 5.11 Å². The molecule has 2 rings (SSSR count). The van der Waals surface area contributed by atoms with Crippen LogP contribution in [0, 0.1) is 12.8 Å². The molecule has 0 aromatic carbocycles. The van der Waals surface area contributed by atoms with E-state index in [1.165, 1.54) is 37.8 Å². The molecule has 1 aliphatic rings. The first-order valence-electron chi connectivity index (χ1n) is 7.56. The fourth-order valence-corrected chi connectivity index (χ4v) is 3.09. The van der Waals surface area contributed by atoms with Gasteiger partial charge in [-0.25, -0.2) is 0 Å². The second-order valence-electron chi connectivity index (χ2n) is 5.69. The van der Waals surface area contributed by atoms with E-state index in [0.717, 1.165) is 30.3 Å². The zero-order valence-corrected chi connectivity index (χ0v) is 12.2. The Morgan fingerprint density at radius 3 is 2.95 bits per heavy atom. The average molecular weight is 262 g/mol. The third-order valence-electron chi connectivity index (χ3n) is 4.15. The molecule has 0 bridgehead atoms. The van der Waals surface area contributed by atoms with E-state index in [4.69, 9.17) is 0 Å². The van der Waals surface area contributed by atoms with Gasteiger partial charge in [-0.15, -0.1) is 0 Å². The van der Waals surface area contributed by atoms with Gasteiger partial charge >= 0.3 is 0 Å². The first kappa shape index (κ1) is 14.3. The molecule has 1 unspecified atom stereocenters. The van der Waals surface area contributed by atoms with Gasteiger partial charge in [0.15, 0.2) is 0 Å². The molecule has 1 aliphatic heterocycles. The highest BCUT2D eigenvalue weighted by molar-refractivity contribution is 5.53. The molecule has 1 aromatic heterocycles. The molecule has 1 aromatic rings. The van der Waals surface area contributed by atoms with E-state index >= 15 is 0 Å². The van der Waals surface area contributed by atoms with Crippen LogP contribution in [0.5, 0.6) is 0 Å². The van der Waals surface area contributed by atoms with E-state index in [1.807, 2.05) is 13.1 Å². The maximum Gasteiger partial charge on any atom is 0.0717 e. The van der Waals surface area contributed by atoms with E-state index in [9.17, 15) is 5.11 Å². The van der Waals surface area contributed by atoms with Crippen LogP contribution in [0.25, 0.3) is 0 Å². The number of hydrogen-bond acceptors (Lipinski definition) is 3. The quantitative estimate of drug-likeness (QED) is 0.904. The number of pyridine rings is 1. The molecular weight excluding hydrogens is 236 g/mol. The van der Waals surface area contributed by atoms with E-state index in [1.54, 1.807) is 0 Å². The predicted molar refractivity (Wildman–Crippen MR) is 79.4 cm³/mol. The molecule has 0 amide bonds. The third-order valence-corrected chi connectivity index (χ3v) is 4.15. The third kappa shape index (κ3) is 3.69. The summed E-state index contributed by atoms with van der Waals surface area (Å²) in [5, 5.41) is 9.48. The van der Waals surface area contributed by atoms with Crippen molar-refractivity contribution in [3.05, 3.63) is 23.5 Å². The van der Waals surface area contributed by atoms with Crippen LogP contribution in [-0.4, -0.2) is 23.2 Å². The zero-order chi connectivity index (χ0) is 13.7. The van der Waals surface area contributed by atoms with Gasteiger partial charge in [-0.3, -0.25) is 4.98 Å². The van der Waals surface area contributed by atoms with Gasteiger partial charge in [0.05, 0.1) is 6.61 Å². The van der Waals surface area contributed by atoms with Gasteiger partial charge in [0.1, 0.15) is 0 Å². The Hall–Kier alpha value is -1.09. The van der Waals surface area contributed by atoms with Crippen LogP contribution >= 0.6 is 0 Å². The number of aromatic nitrogens is 1. The van der Waals surface area contributed by atoms with Crippen LogP contribution in [0.4, 0.5) is 5.69 Å². The molecule has 1 saturated heterocycles. The number of aliphatic hydroxyl groups excluding tert-OH is 1. The Bertz CT molecular complexity index is 406. The number of hydrogen-bond donors (Lipinski definition) is 1. The summed E-state index contributed by atoms with van der Waals surface area (Å²) in [7, 11) is 0. The largest absolute Gasteiger partial charge is 0.392 e. The summed E-state index contributed by atoms with van der Waals surface area (Å²) in [6.45, 7) is 6.59. The van der Waals surface area contributed by atoms with E-state index in [-0.39, 0.29) is 6.61 Å². The predicted octanol–water partition coefficient (Wildman–Crippen LogP) is 3.29. The molecule has 1 N–H and O–H groups in total. The molecule has 0 aliphatic carbocycles. The highest BCUT2D eigenvalue weighted by Crippen LogP contribution is 2.27. The SMILES string of the molecule is CCCC1CCCN(c2cc(C)ncc2CO)CC1. The smallest absolute Gasteiger partial charge is 0.0717 e. The fourth-order valence-electron chi connectivity index (χ4n) is 3.09. The van der Waals surface area contributed by atoms with Crippen molar-refractivity contribution in [1.82, 2.24) is 4.98 Å².